The lowest BCUT2D eigenvalue weighted by molar-refractivity contribution is 0.0216. The van der Waals surface area contributed by atoms with Gasteiger partial charge in [-0.1, -0.05) is 18.2 Å². The third-order valence-corrected chi connectivity index (χ3v) is 2.30. The Morgan fingerprint density at radius 2 is 2.19 bits per heavy atom. The number of rotatable bonds is 4. The number of nitrogens with zero attached hydrogens (tertiary/aromatic N) is 1. The number of carbonyl (C=O) groups excluding carboxylic acids is 1. The zero-order valence-corrected chi connectivity index (χ0v) is 8.92. The summed E-state index contributed by atoms with van der Waals surface area (Å²) in [6.45, 7) is 1.43. The number of nitriles is 1. The summed E-state index contributed by atoms with van der Waals surface area (Å²) in [5.41, 5.74) is 0.913. The van der Waals surface area contributed by atoms with Crippen LogP contribution in [0.3, 0.4) is 0 Å². The van der Waals surface area contributed by atoms with E-state index in [1.807, 2.05) is 0 Å². The maximum atomic E-state index is 11.1. The highest BCUT2D eigenvalue weighted by molar-refractivity contribution is 5.94. The largest absolute Gasteiger partial charge is 0.389 e. The highest BCUT2D eigenvalue weighted by atomic mass is 16.3. The van der Waals surface area contributed by atoms with Gasteiger partial charge in [0.25, 0.3) is 0 Å². The molecule has 4 nitrogen and oxygen atoms in total. The molecule has 0 bridgehead atoms. The Morgan fingerprint density at radius 3 is 2.75 bits per heavy atom. The Kier molecular flexibility index (Phi) is 4.18. The van der Waals surface area contributed by atoms with Gasteiger partial charge in [-0.2, -0.15) is 5.26 Å². The molecular weight excluding hydrogens is 206 g/mol. The monoisotopic (exact) mass is 219 g/mol. The smallest absolute Gasteiger partial charge is 0.159 e. The van der Waals surface area contributed by atoms with Crippen LogP contribution in [0.5, 0.6) is 0 Å². The van der Waals surface area contributed by atoms with Crippen molar-refractivity contribution in [2.75, 3.05) is 0 Å². The average molecular weight is 219 g/mol. The molecule has 0 saturated heterocycles. The summed E-state index contributed by atoms with van der Waals surface area (Å²) < 4.78 is 0. The van der Waals surface area contributed by atoms with E-state index in [2.05, 4.69) is 0 Å². The van der Waals surface area contributed by atoms with Gasteiger partial charge in [0.2, 0.25) is 0 Å². The highest BCUT2D eigenvalue weighted by Crippen LogP contribution is 2.19. The number of ketones is 1. The standard InChI is InChI=1S/C12H13NO3/c1-8(14)9-3-2-4-10(7-9)12(16)11(15)5-6-13/h2-4,7,11-12,15-16H,5H2,1H3. The molecule has 0 saturated carbocycles. The van der Waals surface area contributed by atoms with Crippen LogP contribution in [0, 0.1) is 11.3 Å². The molecule has 1 rings (SSSR count). The van der Waals surface area contributed by atoms with Gasteiger partial charge in [0, 0.05) is 5.56 Å². The van der Waals surface area contributed by atoms with E-state index in [0.717, 1.165) is 0 Å². The van der Waals surface area contributed by atoms with Crippen LogP contribution in [0.15, 0.2) is 24.3 Å². The molecule has 1 aromatic carbocycles. The Hall–Kier alpha value is -1.70. The van der Waals surface area contributed by atoms with Crippen LogP contribution in [-0.4, -0.2) is 22.1 Å². The molecule has 2 N–H and O–H groups in total. The number of Topliss-reactive ketones (excluding diaryl/α,β-unsaturated/α-hetero) is 1. The summed E-state index contributed by atoms with van der Waals surface area (Å²) in [5.74, 6) is -0.108. The lowest BCUT2D eigenvalue weighted by Gasteiger charge is -2.15. The van der Waals surface area contributed by atoms with E-state index in [-0.39, 0.29) is 12.2 Å². The summed E-state index contributed by atoms with van der Waals surface area (Å²) in [5, 5.41) is 27.6. The Labute approximate surface area is 93.8 Å². The molecule has 0 amide bonds. The molecule has 0 aliphatic carbocycles. The Morgan fingerprint density at radius 1 is 1.50 bits per heavy atom. The number of aliphatic hydroxyl groups excluding tert-OH is 2. The zero-order chi connectivity index (χ0) is 12.1. The lowest BCUT2D eigenvalue weighted by Crippen LogP contribution is -2.17. The second kappa shape index (κ2) is 5.40. The molecule has 0 radical (unpaired) electrons. The van der Waals surface area contributed by atoms with Gasteiger partial charge < -0.3 is 10.2 Å². The summed E-state index contributed by atoms with van der Waals surface area (Å²) >= 11 is 0. The fourth-order valence-electron chi connectivity index (χ4n) is 1.37. The Balaban J connectivity index is 2.92. The number of carbonyl (C=O) groups is 1. The molecular formula is C12H13NO3. The van der Waals surface area contributed by atoms with Crippen LogP contribution < -0.4 is 0 Å². The van der Waals surface area contributed by atoms with Crippen molar-refractivity contribution in [3.63, 3.8) is 0 Å². The summed E-state index contributed by atoms with van der Waals surface area (Å²) in [6, 6.07) is 8.18. The van der Waals surface area contributed by atoms with Gasteiger partial charge in [-0.15, -0.1) is 0 Å². The molecule has 0 aliphatic heterocycles. The minimum Gasteiger partial charge on any atom is -0.389 e. The first-order valence-electron chi connectivity index (χ1n) is 4.90. The topological polar surface area (TPSA) is 81.3 Å². The number of hydrogen-bond acceptors (Lipinski definition) is 4. The fourth-order valence-corrected chi connectivity index (χ4v) is 1.37. The Bertz CT molecular complexity index is 423. The minimum absolute atomic E-state index is 0.108. The van der Waals surface area contributed by atoms with Crippen molar-refractivity contribution in [2.24, 2.45) is 0 Å². The lowest BCUT2D eigenvalue weighted by atomic mass is 9.99. The first-order chi connectivity index (χ1) is 7.56. The summed E-state index contributed by atoms with van der Waals surface area (Å²) in [4.78, 5) is 11.1. The van der Waals surface area contributed by atoms with Crippen LogP contribution in [-0.2, 0) is 0 Å². The van der Waals surface area contributed by atoms with Gasteiger partial charge >= 0.3 is 0 Å². The van der Waals surface area contributed by atoms with E-state index in [1.54, 1.807) is 24.3 Å². The number of benzene rings is 1. The van der Waals surface area contributed by atoms with Crippen molar-refractivity contribution in [2.45, 2.75) is 25.6 Å². The molecule has 0 spiro atoms. The molecule has 1 aromatic rings. The minimum atomic E-state index is -1.14. The van der Waals surface area contributed by atoms with Crippen molar-refractivity contribution >= 4 is 5.78 Å². The normalized spacial score (nSPS) is 13.9. The van der Waals surface area contributed by atoms with E-state index >= 15 is 0 Å². The van der Waals surface area contributed by atoms with Crippen molar-refractivity contribution in [3.05, 3.63) is 35.4 Å². The van der Waals surface area contributed by atoms with Gasteiger partial charge in [-0.05, 0) is 18.6 Å². The van der Waals surface area contributed by atoms with E-state index in [1.165, 1.54) is 13.0 Å². The highest BCUT2D eigenvalue weighted by Gasteiger charge is 2.18. The molecule has 0 aliphatic rings. The quantitative estimate of drug-likeness (QED) is 0.745. The zero-order valence-electron chi connectivity index (χ0n) is 8.92. The van der Waals surface area contributed by atoms with Gasteiger partial charge in [0.1, 0.15) is 6.10 Å². The molecule has 0 aromatic heterocycles. The molecule has 2 atom stereocenters. The third kappa shape index (κ3) is 2.89. The number of hydrogen-bond donors (Lipinski definition) is 2. The number of aliphatic hydroxyl groups is 2. The van der Waals surface area contributed by atoms with Gasteiger partial charge in [-0.3, -0.25) is 4.79 Å². The summed E-state index contributed by atoms with van der Waals surface area (Å²) in [6.07, 6.45) is -2.42. The van der Waals surface area contributed by atoms with Crippen LogP contribution in [0.4, 0.5) is 0 Å². The molecule has 2 unspecified atom stereocenters. The van der Waals surface area contributed by atoms with Crippen molar-refractivity contribution in [3.8, 4) is 6.07 Å². The van der Waals surface area contributed by atoms with Crippen molar-refractivity contribution in [1.82, 2.24) is 0 Å². The van der Waals surface area contributed by atoms with Crippen molar-refractivity contribution in [1.29, 1.82) is 5.26 Å². The maximum Gasteiger partial charge on any atom is 0.159 e. The van der Waals surface area contributed by atoms with Gasteiger partial charge in [-0.25, -0.2) is 0 Å². The first-order valence-corrected chi connectivity index (χ1v) is 4.90. The second-order valence-corrected chi connectivity index (χ2v) is 3.56. The molecule has 0 fully saturated rings. The van der Waals surface area contributed by atoms with Crippen LogP contribution in [0.1, 0.15) is 35.4 Å². The van der Waals surface area contributed by atoms with E-state index in [0.29, 0.717) is 11.1 Å². The molecule has 84 valence electrons. The van der Waals surface area contributed by atoms with E-state index in [9.17, 15) is 15.0 Å². The third-order valence-electron chi connectivity index (χ3n) is 2.30. The second-order valence-electron chi connectivity index (χ2n) is 3.56. The van der Waals surface area contributed by atoms with Gasteiger partial charge in [0.15, 0.2) is 5.78 Å². The van der Waals surface area contributed by atoms with Crippen LogP contribution in [0.2, 0.25) is 0 Å². The van der Waals surface area contributed by atoms with Gasteiger partial charge in [0.05, 0.1) is 18.6 Å². The van der Waals surface area contributed by atoms with E-state index in [4.69, 9.17) is 5.26 Å². The maximum absolute atomic E-state index is 11.1. The molecule has 4 heteroatoms. The van der Waals surface area contributed by atoms with Crippen LogP contribution >= 0.6 is 0 Å². The first kappa shape index (κ1) is 12.4. The molecule has 0 heterocycles. The fraction of sp³-hybridized carbons (Fsp3) is 0.333. The average Bonchev–Trinajstić information content (AvgIpc) is 2.28. The van der Waals surface area contributed by atoms with Crippen LogP contribution in [0.25, 0.3) is 0 Å². The van der Waals surface area contributed by atoms with Crippen molar-refractivity contribution < 1.29 is 15.0 Å². The molecule has 16 heavy (non-hydrogen) atoms. The SMILES string of the molecule is CC(=O)c1cccc(C(O)C(O)CC#N)c1. The predicted octanol–water partition coefficient (Wildman–Crippen LogP) is 1.20. The predicted molar refractivity (Wildman–Crippen MR) is 57.6 cm³/mol. The summed E-state index contributed by atoms with van der Waals surface area (Å²) in [7, 11) is 0. The van der Waals surface area contributed by atoms with E-state index < -0.39 is 12.2 Å².